The van der Waals surface area contributed by atoms with Crippen molar-refractivity contribution in [2.45, 2.75) is 32.5 Å². The van der Waals surface area contributed by atoms with E-state index in [1.165, 1.54) is 11.3 Å². The summed E-state index contributed by atoms with van der Waals surface area (Å²) in [6.45, 7) is 4.55. The Kier molecular flexibility index (Phi) is 6.66. The molecule has 0 aliphatic carbocycles. The molecular weight excluding hydrogens is 344 g/mol. The summed E-state index contributed by atoms with van der Waals surface area (Å²) in [4.78, 5) is 15.7. The number of hydrogen-bond donors (Lipinski definition) is 1. The molecule has 1 N–H and O–H groups in total. The molecule has 2 atom stereocenters. The molecule has 0 radical (unpaired) electrons. The lowest BCUT2D eigenvalue weighted by molar-refractivity contribution is -0.126. The molecule has 0 spiro atoms. The predicted octanol–water partition coefficient (Wildman–Crippen LogP) is 4.11. The SMILES string of the molecule is COc1ccccc1C(C)NC(=O)C(C)N(C)Cc1ccc(Cl)s1. The Balaban J connectivity index is 1.97. The molecule has 24 heavy (non-hydrogen) atoms. The Morgan fingerprint density at radius 2 is 2.00 bits per heavy atom. The van der Waals surface area contributed by atoms with Crippen LogP contribution >= 0.6 is 22.9 Å². The lowest BCUT2D eigenvalue weighted by atomic mass is 10.1. The van der Waals surface area contributed by atoms with Crippen molar-refractivity contribution in [3.05, 3.63) is 51.2 Å². The van der Waals surface area contributed by atoms with Crippen molar-refractivity contribution in [1.29, 1.82) is 0 Å². The normalized spacial score (nSPS) is 13.6. The monoisotopic (exact) mass is 366 g/mol. The van der Waals surface area contributed by atoms with Crippen LogP contribution in [0.4, 0.5) is 0 Å². The van der Waals surface area contributed by atoms with Gasteiger partial charge in [-0.2, -0.15) is 0 Å². The van der Waals surface area contributed by atoms with E-state index in [2.05, 4.69) is 5.32 Å². The summed E-state index contributed by atoms with van der Waals surface area (Å²) in [5, 5.41) is 3.06. The maximum absolute atomic E-state index is 12.5. The molecule has 0 aliphatic rings. The number of nitrogens with zero attached hydrogens (tertiary/aromatic N) is 1. The van der Waals surface area contributed by atoms with Crippen molar-refractivity contribution in [1.82, 2.24) is 10.2 Å². The van der Waals surface area contributed by atoms with E-state index in [4.69, 9.17) is 16.3 Å². The number of amides is 1. The number of carbonyl (C=O) groups is 1. The van der Waals surface area contributed by atoms with Gasteiger partial charge in [-0.15, -0.1) is 11.3 Å². The molecule has 2 rings (SSSR count). The number of halogens is 1. The molecule has 4 nitrogen and oxygen atoms in total. The van der Waals surface area contributed by atoms with Crippen LogP contribution in [0.15, 0.2) is 36.4 Å². The minimum Gasteiger partial charge on any atom is -0.496 e. The molecule has 130 valence electrons. The number of nitrogens with one attached hydrogen (secondary N) is 1. The highest BCUT2D eigenvalue weighted by molar-refractivity contribution is 7.16. The van der Waals surface area contributed by atoms with Gasteiger partial charge < -0.3 is 10.1 Å². The van der Waals surface area contributed by atoms with Crippen LogP contribution in [-0.4, -0.2) is 31.0 Å². The molecule has 0 aliphatic heterocycles. The van der Waals surface area contributed by atoms with Gasteiger partial charge in [0.25, 0.3) is 0 Å². The molecule has 1 aromatic heterocycles. The lowest BCUT2D eigenvalue weighted by Crippen LogP contribution is -2.43. The quantitative estimate of drug-likeness (QED) is 0.801. The van der Waals surface area contributed by atoms with Gasteiger partial charge in [-0.1, -0.05) is 29.8 Å². The fourth-order valence-corrected chi connectivity index (χ4v) is 3.61. The van der Waals surface area contributed by atoms with Crippen molar-refractivity contribution in [2.75, 3.05) is 14.2 Å². The van der Waals surface area contributed by atoms with Crippen molar-refractivity contribution in [3.63, 3.8) is 0 Å². The maximum Gasteiger partial charge on any atom is 0.237 e. The number of carbonyl (C=O) groups excluding carboxylic acids is 1. The Bertz CT molecular complexity index is 689. The van der Waals surface area contributed by atoms with E-state index >= 15 is 0 Å². The molecule has 2 unspecified atom stereocenters. The van der Waals surface area contributed by atoms with Crippen LogP contribution in [0.25, 0.3) is 0 Å². The summed E-state index contributed by atoms with van der Waals surface area (Å²) in [7, 11) is 3.57. The van der Waals surface area contributed by atoms with Gasteiger partial charge in [0, 0.05) is 17.0 Å². The largest absolute Gasteiger partial charge is 0.496 e. The third-order valence-corrected chi connectivity index (χ3v) is 5.25. The summed E-state index contributed by atoms with van der Waals surface area (Å²) in [5.74, 6) is 0.762. The molecule has 1 amide bonds. The third kappa shape index (κ3) is 4.72. The van der Waals surface area contributed by atoms with Gasteiger partial charge in [0.15, 0.2) is 0 Å². The van der Waals surface area contributed by atoms with Gasteiger partial charge in [0.1, 0.15) is 5.75 Å². The van der Waals surface area contributed by atoms with Gasteiger partial charge in [0.2, 0.25) is 5.91 Å². The van der Waals surface area contributed by atoms with Crippen LogP contribution in [0.2, 0.25) is 4.34 Å². The van der Waals surface area contributed by atoms with E-state index in [1.54, 1.807) is 7.11 Å². The van der Waals surface area contributed by atoms with Crippen LogP contribution in [0.3, 0.4) is 0 Å². The van der Waals surface area contributed by atoms with Gasteiger partial charge >= 0.3 is 0 Å². The first-order valence-corrected chi connectivity index (χ1v) is 8.99. The highest BCUT2D eigenvalue weighted by Gasteiger charge is 2.21. The topological polar surface area (TPSA) is 41.6 Å². The summed E-state index contributed by atoms with van der Waals surface area (Å²) >= 11 is 7.50. The van der Waals surface area contributed by atoms with Gasteiger partial charge in [-0.05, 0) is 39.1 Å². The molecule has 2 aromatic rings. The second-order valence-electron chi connectivity index (χ2n) is 5.77. The second-order valence-corrected chi connectivity index (χ2v) is 7.57. The van der Waals surface area contributed by atoms with Crippen LogP contribution < -0.4 is 10.1 Å². The first-order valence-electron chi connectivity index (χ1n) is 7.80. The third-order valence-electron chi connectivity index (χ3n) is 4.04. The zero-order valence-corrected chi connectivity index (χ0v) is 15.9. The number of likely N-dealkylation sites (N-methyl/N-ethyl adjacent to an activating group) is 1. The summed E-state index contributed by atoms with van der Waals surface area (Å²) in [6.07, 6.45) is 0. The lowest BCUT2D eigenvalue weighted by Gasteiger charge is -2.25. The number of benzene rings is 1. The molecule has 0 saturated heterocycles. The van der Waals surface area contributed by atoms with Crippen LogP contribution in [0.5, 0.6) is 5.75 Å². The fourth-order valence-electron chi connectivity index (χ4n) is 2.46. The smallest absolute Gasteiger partial charge is 0.237 e. The minimum absolute atomic E-state index is 0.0152. The van der Waals surface area contributed by atoms with E-state index in [0.717, 1.165) is 20.5 Å². The Morgan fingerprint density at radius 3 is 2.62 bits per heavy atom. The average Bonchev–Trinajstić information content (AvgIpc) is 2.98. The van der Waals surface area contributed by atoms with Gasteiger partial charge in [0.05, 0.1) is 23.5 Å². The molecule has 0 fully saturated rings. The predicted molar refractivity (Wildman–Crippen MR) is 99.8 cm³/mol. The molecule has 0 bridgehead atoms. The highest BCUT2D eigenvalue weighted by Crippen LogP contribution is 2.25. The summed E-state index contributed by atoms with van der Waals surface area (Å²) in [5.41, 5.74) is 0.966. The van der Waals surface area contributed by atoms with E-state index < -0.39 is 0 Å². The van der Waals surface area contributed by atoms with E-state index in [9.17, 15) is 4.79 Å². The Morgan fingerprint density at radius 1 is 1.29 bits per heavy atom. The summed E-state index contributed by atoms with van der Waals surface area (Å²) in [6, 6.07) is 11.2. The number of thiophene rings is 1. The van der Waals surface area contributed by atoms with E-state index in [-0.39, 0.29) is 18.0 Å². The first-order chi connectivity index (χ1) is 11.4. The van der Waals surface area contributed by atoms with E-state index in [0.29, 0.717) is 6.54 Å². The minimum atomic E-state index is -0.247. The Labute approximate surface area is 152 Å². The van der Waals surface area contributed by atoms with Gasteiger partial charge in [-0.3, -0.25) is 9.69 Å². The molecule has 6 heteroatoms. The standard InChI is InChI=1S/C18H23ClN2O2S/c1-12(15-7-5-6-8-16(15)23-4)20-18(22)13(2)21(3)11-14-9-10-17(19)24-14/h5-10,12-13H,11H2,1-4H3,(H,20,22). The van der Waals surface area contributed by atoms with E-state index in [1.807, 2.05) is 62.2 Å². The summed E-state index contributed by atoms with van der Waals surface area (Å²) < 4.78 is 6.13. The van der Waals surface area contributed by atoms with Crippen LogP contribution in [0.1, 0.15) is 30.3 Å². The van der Waals surface area contributed by atoms with Crippen LogP contribution in [0, 0.1) is 0 Å². The molecule has 0 saturated carbocycles. The van der Waals surface area contributed by atoms with Crippen LogP contribution in [-0.2, 0) is 11.3 Å². The maximum atomic E-state index is 12.5. The highest BCUT2D eigenvalue weighted by atomic mass is 35.5. The van der Waals surface area contributed by atoms with Gasteiger partial charge in [-0.25, -0.2) is 0 Å². The van der Waals surface area contributed by atoms with Crippen molar-refractivity contribution in [2.24, 2.45) is 0 Å². The molecule has 1 heterocycles. The number of ether oxygens (including phenoxy) is 1. The average molecular weight is 367 g/mol. The number of para-hydroxylation sites is 1. The number of rotatable bonds is 7. The van der Waals surface area contributed by atoms with Crippen molar-refractivity contribution >= 4 is 28.8 Å². The molecule has 1 aromatic carbocycles. The zero-order chi connectivity index (χ0) is 17.7. The fraction of sp³-hybridized carbons (Fsp3) is 0.389. The zero-order valence-electron chi connectivity index (χ0n) is 14.4. The first kappa shape index (κ1) is 18.8. The number of hydrogen-bond acceptors (Lipinski definition) is 4. The van der Waals surface area contributed by atoms with Crippen molar-refractivity contribution in [3.8, 4) is 5.75 Å². The van der Waals surface area contributed by atoms with Crippen molar-refractivity contribution < 1.29 is 9.53 Å². The Hall–Kier alpha value is -1.56. The second kappa shape index (κ2) is 8.51. The number of methoxy groups -OCH3 is 1. The molecular formula is C18H23ClN2O2S.